The first-order chi connectivity index (χ1) is 14.5. The molecule has 0 aliphatic rings. The Morgan fingerprint density at radius 3 is 2.60 bits per heavy atom. The molecule has 0 amide bonds. The molecule has 0 aliphatic carbocycles. The minimum absolute atomic E-state index is 0.193. The Balaban J connectivity index is 1.70. The van der Waals surface area contributed by atoms with Crippen molar-refractivity contribution in [3.8, 4) is 11.5 Å². The van der Waals surface area contributed by atoms with Crippen molar-refractivity contribution in [3.63, 3.8) is 0 Å². The van der Waals surface area contributed by atoms with Gasteiger partial charge < -0.3 is 18.5 Å². The van der Waals surface area contributed by atoms with E-state index in [0.29, 0.717) is 24.0 Å². The minimum Gasteiger partial charge on any atom is -0.490 e. The molecule has 0 fully saturated rings. The third-order valence-corrected chi connectivity index (χ3v) is 5.45. The van der Waals surface area contributed by atoms with E-state index in [1.807, 2.05) is 12.1 Å². The van der Waals surface area contributed by atoms with Gasteiger partial charge in [-0.3, -0.25) is 4.79 Å². The summed E-state index contributed by atoms with van der Waals surface area (Å²) in [6.07, 6.45) is 2.33. The van der Waals surface area contributed by atoms with E-state index < -0.39 is 0 Å². The molecule has 30 heavy (non-hydrogen) atoms. The number of rotatable bonds is 10. The molecule has 1 aromatic carbocycles. The van der Waals surface area contributed by atoms with Crippen molar-refractivity contribution in [1.82, 2.24) is 14.8 Å². The molecule has 2 heterocycles. The number of aromatic nitrogens is 3. The molecule has 0 aliphatic heterocycles. The van der Waals surface area contributed by atoms with Crippen molar-refractivity contribution in [2.75, 3.05) is 7.11 Å². The summed E-state index contributed by atoms with van der Waals surface area (Å²) in [6, 6.07) is 9.53. The molecular weight excluding hydrogens is 402 g/mol. The zero-order valence-corrected chi connectivity index (χ0v) is 18.6. The Morgan fingerprint density at radius 2 is 1.97 bits per heavy atom. The molecule has 160 valence electrons. The zero-order chi connectivity index (χ0) is 21.5. The van der Waals surface area contributed by atoms with Gasteiger partial charge in [0.15, 0.2) is 11.0 Å². The Labute approximate surface area is 180 Å². The van der Waals surface area contributed by atoms with Gasteiger partial charge in [-0.2, -0.15) is 0 Å². The van der Waals surface area contributed by atoms with Gasteiger partial charge in [0.2, 0.25) is 11.2 Å². The van der Waals surface area contributed by atoms with Crippen LogP contribution in [0.4, 0.5) is 0 Å². The number of benzene rings is 1. The molecule has 3 aromatic rings. The number of nitrogens with zero attached hydrogens (tertiary/aromatic N) is 3. The molecule has 0 radical (unpaired) electrons. The number of hydrogen-bond donors (Lipinski definition) is 0. The van der Waals surface area contributed by atoms with Crippen molar-refractivity contribution in [1.29, 1.82) is 0 Å². The van der Waals surface area contributed by atoms with E-state index in [0.717, 1.165) is 29.7 Å². The Hall–Kier alpha value is -2.74. The van der Waals surface area contributed by atoms with Gasteiger partial charge in [0.1, 0.15) is 24.4 Å². The van der Waals surface area contributed by atoms with Gasteiger partial charge in [0.25, 0.3) is 0 Å². The molecule has 8 heteroatoms. The van der Waals surface area contributed by atoms with Crippen molar-refractivity contribution in [2.24, 2.45) is 5.92 Å². The fraction of sp³-hybridized carbons (Fsp3) is 0.409. The molecule has 0 spiro atoms. The lowest BCUT2D eigenvalue weighted by molar-refractivity contribution is 0.284. The molecule has 7 nitrogen and oxygen atoms in total. The standard InChI is InChI=1S/C22H27N3O4S/c1-5-16-6-8-17(9-7-16)29-13-21-23-24-22(25(21)11-15(2)3)30-14-18-10-19(26)20(27-4)12-28-18/h6-10,12,15H,5,11,13-14H2,1-4H3. The molecule has 0 atom stereocenters. The first-order valence-corrected chi connectivity index (χ1v) is 10.9. The summed E-state index contributed by atoms with van der Waals surface area (Å²) < 4.78 is 18.4. The summed E-state index contributed by atoms with van der Waals surface area (Å²) in [5.74, 6) is 3.20. The maximum atomic E-state index is 11.9. The van der Waals surface area contributed by atoms with Gasteiger partial charge in [-0.15, -0.1) is 10.2 Å². The number of ether oxygens (including phenoxy) is 2. The molecule has 0 unspecified atom stereocenters. The van der Waals surface area contributed by atoms with E-state index in [4.69, 9.17) is 13.9 Å². The molecule has 0 saturated carbocycles. The highest BCUT2D eigenvalue weighted by Crippen LogP contribution is 2.24. The number of thioether (sulfide) groups is 1. The maximum absolute atomic E-state index is 11.9. The summed E-state index contributed by atoms with van der Waals surface area (Å²) in [7, 11) is 1.44. The second kappa shape index (κ2) is 10.3. The van der Waals surface area contributed by atoms with Crippen LogP contribution in [0.25, 0.3) is 0 Å². The lowest BCUT2D eigenvalue weighted by Crippen LogP contribution is -2.12. The number of aryl methyl sites for hydroxylation is 1. The number of hydrogen-bond acceptors (Lipinski definition) is 7. The highest BCUT2D eigenvalue weighted by Gasteiger charge is 2.15. The molecule has 3 rings (SSSR count). The van der Waals surface area contributed by atoms with Crippen molar-refractivity contribution in [2.45, 2.75) is 51.3 Å². The van der Waals surface area contributed by atoms with Crippen molar-refractivity contribution in [3.05, 3.63) is 64.0 Å². The lowest BCUT2D eigenvalue weighted by Gasteiger charge is -2.13. The van der Waals surface area contributed by atoms with E-state index >= 15 is 0 Å². The van der Waals surface area contributed by atoms with E-state index in [9.17, 15) is 4.79 Å². The highest BCUT2D eigenvalue weighted by molar-refractivity contribution is 7.98. The van der Waals surface area contributed by atoms with E-state index in [1.54, 1.807) is 0 Å². The van der Waals surface area contributed by atoms with Crippen LogP contribution in [0.1, 0.15) is 37.9 Å². The quantitative estimate of drug-likeness (QED) is 0.444. The fourth-order valence-corrected chi connectivity index (χ4v) is 3.71. The average molecular weight is 430 g/mol. The highest BCUT2D eigenvalue weighted by atomic mass is 32.2. The predicted octanol–water partition coefficient (Wildman–Crippen LogP) is 4.33. The maximum Gasteiger partial charge on any atom is 0.227 e. The van der Waals surface area contributed by atoms with Crippen molar-refractivity contribution >= 4 is 11.8 Å². The number of methoxy groups -OCH3 is 1. The van der Waals surface area contributed by atoms with Crippen LogP contribution >= 0.6 is 11.8 Å². The lowest BCUT2D eigenvalue weighted by atomic mass is 10.2. The Morgan fingerprint density at radius 1 is 1.20 bits per heavy atom. The summed E-state index contributed by atoms with van der Waals surface area (Å²) in [6.45, 7) is 7.52. The summed E-state index contributed by atoms with van der Waals surface area (Å²) in [5.41, 5.74) is 1.07. The Bertz CT molecular complexity index is 1010. The SMILES string of the molecule is CCc1ccc(OCc2nnc(SCc3cc(=O)c(OC)co3)n2CC(C)C)cc1. The van der Waals surface area contributed by atoms with E-state index in [-0.39, 0.29) is 11.2 Å². The summed E-state index contributed by atoms with van der Waals surface area (Å²) in [4.78, 5) is 11.9. The monoisotopic (exact) mass is 429 g/mol. The van der Waals surface area contributed by atoms with Crippen LogP contribution in [0.2, 0.25) is 0 Å². The smallest absolute Gasteiger partial charge is 0.227 e. The third-order valence-electron chi connectivity index (χ3n) is 4.46. The molecule has 0 bridgehead atoms. The molecule has 0 N–H and O–H groups in total. The van der Waals surface area contributed by atoms with Gasteiger partial charge in [0.05, 0.1) is 12.9 Å². The fourth-order valence-electron chi connectivity index (χ4n) is 2.85. The van der Waals surface area contributed by atoms with Gasteiger partial charge >= 0.3 is 0 Å². The second-order valence-corrected chi connectivity index (χ2v) is 8.20. The third kappa shape index (κ3) is 5.66. The van der Waals surface area contributed by atoms with Gasteiger partial charge in [0, 0.05) is 12.6 Å². The van der Waals surface area contributed by atoms with Crippen LogP contribution in [0.5, 0.6) is 11.5 Å². The average Bonchev–Trinajstić information content (AvgIpc) is 3.12. The van der Waals surface area contributed by atoms with Gasteiger partial charge in [-0.1, -0.05) is 44.7 Å². The first-order valence-electron chi connectivity index (χ1n) is 9.92. The van der Waals surface area contributed by atoms with E-state index in [1.165, 1.54) is 36.8 Å². The molecule has 0 saturated heterocycles. The van der Waals surface area contributed by atoms with Crippen LogP contribution in [-0.4, -0.2) is 21.9 Å². The van der Waals surface area contributed by atoms with Gasteiger partial charge in [-0.25, -0.2) is 0 Å². The van der Waals surface area contributed by atoms with Crippen molar-refractivity contribution < 1.29 is 13.9 Å². The van der Waals surface area contributed by atoms with Crippen LogP contribution in [0.15, 0.2) is 51.0 Å². The minimum atomic E-state index is -0.203. The van der Waals surface area contributed by atoms with Crippen LogP contribution in [0, 0.1) is 5.92 Å². The summed E-state index contributed by atoms with van der Waals surface area (Å²) in [5, 5.41) is 9.43. The molecule has 2 aromatic heterocycles. The van der Waals surface area contributed by atoms with Crippen LogP contribution < -0.4 is 14.9 Å². The first kappa shape index (κ1) is 22.0. The topological polar surface area (TPSA) is 79.4 Å². The Kier molecular flexibility index (Phi) is 7.57. The predicted molar refractivity (Wildman–Crippen MR) is 116 cm³/mol. The van der Waals surface area contributed by atoms with Gasteiger partial charge in [-0.05, 0) is 30.0 Å². The second-order valence-electron chi connectivity index (χ2n) is 7.26. The normalized spacial score (nSPS) is 11.1. The molecular formula is C22H27N3O4S. The van der Waals surface area contributed by atoms with Crippen LogP contribution in [-0.2, 0) is 25.3 Å². The van der Waals surface area contributed by atoms with E-state index in [2.05, 4.69) is 47.7 Å². The zero-order valence-electron chi connectivity index (χ0n) is 17.8. The summed E-state index contributed by atoms with van der Waals surface area (Å²) >= 11 is 1.47. The van der Waals surface area contributed by atoms with Crippen LogP contribution in [0.3, 0.4) is 0 Å². The largest absolute Gasteiger partial charge is 0.490 e.